The molecule has 0 saturated heterocycles. The highest BCUT2D eigenvalue weighted by molar-refractivity contribution is 8.00. The summed E-state index contributed by atoms with van der Waals surface area (Å²) in [5.74, 6) is 2.57. The number of carboxylic acid groups (broad SMARTS) is 1. The number of methoxy groups -OCH3 is 2. The van der Waals surface area contributed by atoms with Crippen molar-refractivity contribution >= 4 is 29.3 Å². The number of carbonyl (C=O) groups is 1. The number of benzene rings is 2. The summed E-state index contributed by atoms with van der Waals surface area (Å²) in [6, 6.07) is 11.7. The molecule has 3 aromatic rings. The molecule has 2 aromatic carbocycles. The summed E-state index contributed by atoms with van der Waals surface area (Å²) < 4.78 is 13.5. The number of fused-ring (bicyclic) bond motifs is 3. The van der Waals surface area contributed by atoms with Crippen molar-refractivity contribution in [1.82, 2.24) is 14.8 Å². The largest absolute Gasteiger partial charge is 0.493 e. The standard InChI is InChI=1S/C24H24ClN3O4S/c1-31-18-5-3-4-15(21(18)32-2)22-16-12-14(25)8-9-17(16)28-23(13-6-7-13)26-27-24(28)19(33-22)10-11-20(29)30/h3-5,8-9,12-13,19,22H,6-7,10-11H2,1-2H3,(H,29,30)/t19-,22-/m0/s1. The van der Waals surface area contributed by atoms with E-state index in [1.54, 1.807) is 26.0 Å². The number of halogens is 1. The number of aromatic nitrogens is 3. The molecule has 0 amide bonds. The minimum Gasteiger partial charge on any atom is -0.493 e. The Morgan fingerprint density at radius 2 is 1.94 bits per heavy atom. The van der Waals surface area contributed by atoms with Crippen LogP contribution in [0.3, 0.4) is 0 Å². The van der Waals surface area contributed by atoms with Gasteiger partial charge in [-0.1, -0.05) is 23.7 Å². The van der Waals surface area contributed by atoms with Gasteiger partial charge in [0, 0.05) is 22.9 Å². The minimum absolute atomic E-state index is 0.0440. The van der Waals surface area contributed by atoms with Crippen LogP contribution in [0.1, 0.15) is 64.9 Å². The molecule has 2 atom stereocenters. The molecule has 1 saturated carbocycles. The van der Waals surface area contributed by atoms with Gasteiger partial charge in [0.2, 0.25) is 0 Å². The Balaban J connectivity index is 1.73. The van der Waals surface area contributed by atoms with Gasteiger partial charge in [-0.05, 0) is 49.1 Å². The maximum Gasteiger partial charge on any atom is 0.303 e. The number of ether oxygens (including phenoxy) is 2. The number of nitrogens with zero attached hydrogens (tertiary/aromatic N) is 3. The highest BCUT2D eigenvalue weighted by Gasteiger charge is 2.38. The van der Waals surface area contributed by atoms with Crippen LogP contribution in [0.2, 0.25) is 5.02 Å². The smallest absolute Gasteiger partial charge is 0.303 e. The van der Waals surface area contributed by atoms with Crippen molar-refractivity contribution in [2.24, 2.45) is 0 Å². The van der Waals surface area contributed by atoms with Gasteiger partial charge in [-0.25, -0.2) is 0 Å². The second-order valence-electron chi connectivity index (χ2n) is 8.25. The van der Waals surface area contributed by atoms with Crippen molar-refractivity contribution in [3.8, 4) is 17.2 Å². The first-order valence-electron chi connectivity index (χ1n) is 10.8. The van der Waals surface area contributed by atoms with Crippen LogP contribution in [0, 0.1) is 0 Å². The van der Waals surface area contributed by atoms with E-state index in [1.165, 1.54) is 0 Å². The first-order valence-corrected chi connectivity index (χ1v) is 12.2. The lowest BCUT2D eigenvalue weighted by atomic mass is 10.0. The number of hydrogen-bond donors (Lipinski definition) is 1. The van der Waals surface area contributed by atoms with E-state index < -0.39 is 5.97 Å². The van der Waals surface area contributed by atoms with E-state index in [9.17, 15) is 9.90 Å². The molecule has 0 unspecified atom stereocenters. The monoisotopic (exact) mass is 485 g/mol. The zero-order valence-electron chi connectivity index (χ0n) is 18.3. The quantitative estimate of drug-likeness (QED) is 0.469. The Labute approximate surface area is 201 Å². The summed E-state index contributed by atoms with van der Waals surface area (Å²) in [6.45, 7) is 0. The highest BCUT2D eigenvalue weighted by Crippen LogP contribution is 2.55. The molecule has 1 aliphatic carbocycles. The molecule has 2 heterocycles. The summed E-state index contributed by atoms with van der Waals surface area (Å²) in [5.41, 5.74) is 2.93. The Morgan fingerprint density at radius 1 is 1.15 bits per heavy atom. The normalized spacial score (nSPS) is 19.4. The molecule has 0 radical (unpaired) electrons. The van der Waals surface area contributed by atoms with E-state index in [2.05, 4.69) is 14.8 Å². The van der Waals surface area contributed by atoms with Crippen LogP contribution in [0.5, 0.6) is 11.5 Å². The van der Waals surface area contributed by atoms with Gasteiger partial charge < -0.3 is 14.6 Å². The average Bonchev–Trinajstić information content (AvgIpc) is 3.59. The maximum atomic E-state index is 11.5. The molecule has 2 aliphatic rings. The van der Waals surface area contributed by atoms with Gasteiger partial charge in [0.25, 0.3) is 0 Å². The molecule has 33 heavy (non-hydrogen) atoms. The third kappa shape index (κ3) is 4.06. The third-order valence-corrected chi connectivity index (χ3v) is 7.88. The lowest BCUT2D eigenvalue weighted by Gasteiger charge is -2.23. The minimum atomic E-state index is -0.829. The van der Waals surface area contributed by atoms with E-state index in [0.717, 1.165) is 41.3 Å². The summed E-state index contributed by atoms with van der Waals surface area (Å²) >= 11 is 8.14. The predicted octanol–water partition coefficient (Wildman–Crippen LogP) is 5.56. The van der Waals surface area contributed by atoms with Gasteiger partial charge in [-0.15, -0.1) is 22.0 Å². The van der Waals surface area contributed by atoms with Crippen molar-refractivity contribution in [3.63, 3.8) is 0 Å². The molecular formula is C24H24ClN3O4S. The van der Waals surface area contributed by atoms with Crippen LogP contribution in [0.25, 0.3) is 5.69 Å². The second kappa shape index (κ2) is 8.91. The summed E-state index contributed by atoms with van der Waals surface area (Å²) in [5, 5.41) is 18.8. The molecule has 7 nitrogen and oxygen atoms in total. The summed E-state index contributed by atoms with van der Waals surface area (Å²) in [4.78, 5) is 11.5. The number of hydrogen-bond acceptors (Lipinski definition) is 6. The fourth-order valence-corrected chi connectivity index (χ4v) is 6.12. The van der Waals surface area contributed by atoms with Crippen molar-refractivity contribution in [3.05, 3.63) is 64.2 Å². The fraction of sp³-hybridized carbons (Fsp3) is 0.375. The van der Waals surface area contributed by atoms with Crippen molar-refractivity contribution in [2.75, 3.05) is 14.2 Å². The fourth-order valence-electron chi connectivity index (χ4n) is 4.42. The Morgan fingerprint density at radius 3 is 2.64 bits per heavy atom. The van der Waals surface area contributed by atoms with Crippen LogP contribution in [0.4, 0.5) is 0 Å². The number of thioether (sulfide) groups is 1. The second-order valence-corrected chi connectivity index (χ2v) is 10.00. The Bertz CT molecular complexity index is 1210. The number of carboxylic acids is 1. The predicted molar refractivity (Wildman–Crippen MR) is 127 cm³/mol. The Hall–Kier alpha value is -2.71. The molecule has 172 valence electrons. The third-order valence-electron chi connectivity index (χ3n) is 6.09. The van der Waals surface area contributed by atoms with Gasteiger partial charge in [-0.2, -0.15) is 0 Å². The highest BCUT2D eigenvalue weighted by atomic mass is 35.5. The number of aliphatic carboxylic acids is 1. The first kappa shape index (κ1) is 22.1. The summed E-state index contributed by atoms with van der Waals surface area (Å²) in [6.07, 6.45) is 2.65. The first-order chi connectivity index (χ1) is 16.0. The van der Waals surface area contributed by atoms with Gasteiger partial charge in [0.1, 0.15) is 5.82 Å². The van der Waals surface area contributed by atoms with Gasteiger partial charge in [0.15, 0.2) is 17.3 Å². The zero-order chi connectivity index (χ0) is 23.1. The van der Waals surface area contributed by atoms with E-state index in [0.29, 0.717) is 28.9 Å². The summed E-state index contributed by atoms with van der Waals surface area (Å²) in [7, 11) is 3.25. The molecule has 0 bridgehead atoms. The zero-order valence-corrected chi connectivity index (χ0v) is 19.9. The lowest BCUT2D eigenvalue weighted by molar-refractivity contribution is -0.137. The molecule has 5 rings (SSSR count). The lowest BCUT2D eigenvalue weighted by Crippen LogP contribution is -2.08. The number of para-hydroxylation sites is 1. The van der Waals surface area contributed by atoms with E-state index in [4.69, 9.17) is 21.1 Å². The maximum absolute atomic E-state index is 11.5. The van der Waals surface area contributed by atoms with Crippen LogP contribution in [-0.2, 0) is 4.79 Å². The van der Waals surface area contributed by atoms with E-state index >= 15 is 0 Å². The van der Waals surface area contributed by atoms with Crippen LogP contribution >= 0.6 is 23.4 Å². The van der Waals surface area contributed by atoms with Crippen LogP contribution in [0.15, 0.2) is 36.4 Å². The van der Waals surface area contributed by atoms with Gasteiger partial charge in [0.05, 0.1) is 30.4 Å². The van der Waals surface area contributed by atoms with E-state index in [-0.39, 0.29) is 16.9 Å². The van der Waals surface area contributed by atoms with Crippen LogP contribution in [-0.4, -0.2) is 40.1 Å². The van der Waals surface area contributed by atoms with E-state index in [1.807, 2.05) is 36.4 Å². The molecule has 0 spiro atoms. The number of rotatable bonds is 7. The van der Waals surface area contributed by atoms with Crippen molar-refractivity contribution in [1.29, 1.82) is 0 Å². The molecule has 1 fully saturated rings. The molecular weight excluding hydrogens is 462 g/mol. The molecule has 9 heteroatoms. The van der Waals surface area contributed by atoms with Crippen molar-refractivity contribution < 1.29 is 19.4 Å². The van der Waals surface area contributed by atoms with Gasteiger partial charge in [-0.3, -0.25) is 9.36 Å². The molecule has 1 aromatic heterocycles. The SMILES string of the molecule is COc1cccc([C@@H]2S[C@@H](CCC(=O)O)c3nnc(C4CC4)n3-c3ccc(Cl)cc32)c1OC. The topological polar surface area (TPSA) is 86.5 Å². The van der Waals surface area contributed by atoms with Crippen molar-refractivity contribution in [2.45, 2.75) is 42.1 Å². The molecule has 1 aliphatic heterocycles. The Kier molecular flexibility index (Phi) is 5.97. The average molecular weight is 486 g/mol. The van der Waals surface area contributed by atoms with Crippen LogP contribution < -0.4 is 9.47 Å². The van der Waals surface area contributed by atoms with Gasteiger partial charge >= 0.3 is 5.97 Å². The molecule has 1 N–H and O–H groups in total.